The number of benzene rings is 1. The van der Waals surface area contributed by atoms with Crippen molar-refractivity contribution in [1.82, 2.24) is 24.9 Å². The van der Waals surface area contributed by atoms with Crippen LogP contribution in [0.3, 0.4) is 0 Å². The first-order valence-corrected chi connectivity index (χ1v) is 13.8. The van der Waals surface area contributed by atoms with Crippen LogP contribution < -0.4 is 11.1 Å². The van der Waals surface area contributed by atoms with Gasteiger partial charge in [-0.25, -0.2) is 13.4 Å². The lowest BCUT2D eigenvalue weighted by molar-refractivity contribution is 0.355. The van der Waals surface area contributed by atoms with Crippen LogP contribution in [-0.4, -0.2) is 45.8 Å². The number of piperidine rings is 1. The number of nitrogens with zero attached hydrogens (tertiary/aromatic N) is 4. The molecule has 2 saturated heterocycles. The fourth-order valence-corrected chi connectivity index (χ4v) is 6.80. The Bertz CT molecular complexity index is 1490. The van der Waals surface area contributed by atoms with Gasteiger partial charge >= 0.3 is 0 Å². The Balaban J connectivity index is 1.49. The molecule has 0 radical (unpaired) electrons. The maximum atomic E-state index is 13.2. The highest BCUT2D eigenvalue weighted by molar-refractivity contribution is 7.91. The normalized spacial score (nSPS) is 22.0. The van der Waals surface area contributed by atoms with E-state index in [2.05, 4.69) is 15.4 Å². The largest absolute Gasteiger partial charge is 0.382 e. The van der Waals surface area contributed by atoms with Crippen LogP contribution in [-0.2, 0) is 9.84 Å². The minimum absolute atomic E-state index is 0.0335. The number of fused-ring (bicyclic) bond motifs is 3. The molecule has 2 bridgehead atoms. The minimum atomic E-state index is -3.59. The summed E-state index contributed by atoms with van der Waals surface area (Å²) >= 11 is 0. The molecule has 0 spiro atoms. The Kier molecular flexibility index (Phi) is 5.34. The zero-order chi connectivity index (χ0) is 24.2. The Morgan fingerprint density at radius 2 is 1.77 bits per heavy atom. The van der Waals surface area contributed by atoms with Crippen molar-refractivity contribution >= 4 is 21.3 Å². The van der Waals surface area contributed by atoms with Crippen molar-refractivity contribution in [2.24, 2.45) is 0 Å². The number of nitrogens with one attached hydrogen (secondary N) is 1. The molecule has 6 rings (SSSR count). The number of nitrogens with two attached hydrogens (primary N) is 1. The Hall–Kier alpha value is -3.30. The van der Waals surface area contributed by atoms with Crippen molar-refractivity contribution in [3.8, 4) is 22.4 Å². The second kappa shape index (κ2) is 8.42. The maximum absolute atomic E-state index is 13.2. The number of rotatable bonds is 5. The standard InChI is InChI=1S/C26H28N6O2S/c1-2-35(33,34)24-23(18-12-19-9-10-20(13-18)30-19)31-26-21(15-29-32(26)25(24)27)17-8-11-22(28-14-17)16-6-4-3-5-7-16/h3-8,11,14-15,18-20,30H,2,9-10,12-13,27H2,1H3. The number of hydrogen-bond acceptors (Lipinski definition) is 7. The van der Waals surface area contributed by atoms with Crippen LogP contribution in [0.2, 0.25) is 0 Å². The van der Waals surface area contributed by atoms with Crippen molar-refractivity contribution in [2.45, 2.75) is 55.5 Å². The average molecular weight is 489 g/mol. The van der Waals surface area contributed by atoms with Gasteiger partial charge in [0.15, 0.2) is 15.5 Å². The summed E-state index contributed by atoms with van der Waals surface area (Å²) in [5.74, 6) is 0.144. The minimum Gasteiger partial charge on any atom is -0.382 e. The third-order valence-corrected chi connectivity index (χ3v) is 9.16. The lowest BCUT2D eigenvalue weighted by Gasteiger charge is -2.30. The molecule has 4 aromatic rings. The highest BCUT2D eigenvalue weighted by Gasteiger charge is 2.38. The third kappa shape index (κ3) is 3.79. The molecule has 2 unspecified atom stereocenters. The molecule has 2 atom stereocenters. The predicted octanol–water partition coefficient (Wildman–Crippen LogP) is 3.83. The first kappa shape index (κ1) is 22.2. The smallest absolute Gasteiger partial charge is 0.183 e. The zero-order valence-corrected chi connectivity index (χ0v) is 20.4. The van der Waals surface area contributed by atoms with Gasteiger partial charge < -0.3 is 11.1 Å². The van der Waals surface area contributed by atoms with Gasteiger partial charge in [-0.1, -0.05) is 43.3 Å². The third-order valence-electron chi connectivity index (χ3n) is 7.36. The highest BCUT2D eigenvalue weighted by Crippen LogP contribution is 2.41. The first-order chi connectivity index (χ1) is 16.9. The molecule has 35 heavy (non-hydrogen) atoms. The summed E-state index contributed by atoms with van der Waals surface area (Å²) in [5, 5.41) is 8.07. The van der Waals surface area contributed by atoms with Crippen LogP contribution in [0.1, 0.15) is 44.2 Å². The summed E-state index contributed by atoms with van der Waals surface area (Å²) in [6.07, 6.45) is 7.46. The monoisotopic (exact) mass is 488 g/mol. The van der Waals surface area contributed by atoms with E-state index in [1.54, 1.807) is 19.3 Å². The van der Waals surface area contributed by atoms with E-state index in [1.165, 1.54) is 4.52 Å². The quantitative estimate of drug-likeness (QED) is 0.439. The van der Waals surface area contributed by atoms with Gasteiger partial charge in [0.25, 0.3) is 0 Å². The summed E-state index contributed by atoms with van der Waals surface area (Å²) in [7, 11) is -3.59. The Morgan fingerprint density at radius 1 is 1.03 bits per heavy atom. The van der Waals surface area contributed by atoms with Crippen molar-refractivity contribution in [1.29, 1.82) is 0 Å². The van der Waals surface area contributed by atoms with E-state index < -0.39 is 9.84 Å². The second-order valence-corrected chi connectivity index (χ2v) is 11.7. The van der Waals surface area contributed by atoms with Gasteiger partial charge in [0.2, 0.25) is 0 Å². The number of hydrogen-bond donors (Lipinski definition) is 2. The van der Waals surface area contributed by atoms with E-state index in [4.69, 9.17) is 10.7 Å². The van der Waals surface area contributed by atoms with Gasteiger partial charge in [0.1, 0.15) is 10.7 Å². The molecule has 3 aromatic heterocycles. The van der Waals surface area contributed by atoms with Crippen LogP contribution in [0.5, 0.6) is 0 Å². The van der Waals surface area contributed by atoms with Gasteiger partial charge in [0.05, 0.1) is 23.3 Å². The summed E-state index contributed by atoms with van der Waals surface area (Å²) in [5.41, 5.74) is 11.2. The van der Waals surface area contributed by atoms with Crippen molar-refractivity contribution < 1.29 is 8.42 Å². The Labute approximate surface area is 204 Å². The van der Waals surface area contributed by atoms with Crippen LogP contribution in [0, 0.1) is 0 Å². The molecule has 5 heterocycles. The van der Waals surface area contributed by atoms with E-state index in [9.17, 15) is 8.42 Å². The molecule has 0 aliphatic carbocycles. The molecule has 0 amide bonds. The molecule has 1 aromatic carbocycles. The maximum Gasteiger partial charge on any atom is 0.183 e. The summed E-state index contributed by atoms with van der Waals surface area (Å²) < 4.78 is 27.8. The number of pyridine rings is 1. The van der Waals surface area contributed by atoms with Gasteiger partial charge in [0, 0.05) is 40.9 Å². The average Bonchev–Trinajstić information content (AvgIpc) is 3.47. The summed E-state index contributed by atoms with van der Waals surface area (Å²) in [6.45, 7) is 1.64. The lowest BCUT2D eigenvalue weighted by atomic mass is 9.89. The first-order valence-electron chi connectivity index (χ1n) is 12.1. The highest BCUT2D eigenvalue weighted by atomic mass is 32.2. The molecule has 2 aliphatic rings. The topological polar surface area (TPSA) is 115 Å². The second-order valence-electron chi connectivity index (χ2n) is 9.51. The van der Waals surface area contributed by atoms with Crippen molar-refractivity contribution in [3.05, 3.63) is 60.6 Å². The van der Waals surface area contributed by atoms with Crippen molar-refractivity contribution in [3.63, 3.8) is 0 Å². The van der Waals surface area contributed by atoms with Crippen molar-refractivity contribution in [2.75, 3.05) is 11.5 Å². The zero-order valence-electron chi connectivity index (χ0n) is 19.6. The predicted molar refractivity (Wildman–Crippen MR) is 136 cm³/mol. The van der Waals surface area contributed by atoms with Crippen LogP contribution in [0.4, 0.5) is 5.82 Å². The molecule has 2 aliphatic heterocycles. The lowest BCUT2D eigenvalue weighted by Crippen LogP contribution is -2.38. The fourth-order valence-electron chi connectivity index (χ4n) is 5.57. The van der Waals surface area contributed by atoms with Crippen LogP contribution in [0.15, 0.2) is 59.8 Å². The fraction of sp³-hybridized carbons (Fsp3) is 0.346. The SMILES string of the molecule is CCS(=O)(=O)c1c(C2CC3CCC(C2)N3)nc2c(-c3ccc(-c4ccccc4)nc3)cnn2c1N. The molecule has 8 nitrogen and oxygen atoms in total. The number of nitrogen functional groups attached to an aromatic ring is 1. The summed E-state index contributed by atoms with van der Waals surface area (Å²) in [4.78, 5) is 9.76. The van der Waals surface area contributed by atoms with Crippen LogP contribution in [0.25, 0.3) is 28.0 Å². The van der Waals surface area contributed by atoms with E-state index >= 15 is 0 Å². The van der Waals surface area contributed by atoms with Gasteiger partial charge in [-0.2, -0.15) is 9.61 Å². The van der Waals surface area contributed by atoms with E-state index in [-0.39, 0.29) is 22.4 Å². The van der Waals surface area contributed by atoms with E-state index in [0.29, 0.717) is 23.4 Å². The van der Waals surface area contributed by atoms with E-state index in [0.717, 1.165) is 48.1 Å². The number of aromatic nitrogens is 4. The Morgan fingerprint density at radius 3 is 2.43 bits per heavy atom. The summed E-state index contributed by atoms with van der Waals surface area (Å²) in [6, 6.07) is 14.7. The number of anilines is 1. The van der Waals surface area contributed by atoms with Gasteiger partial charge in [-0.15, -0.1) is 0 Å². The molecule has 180 valence electrons. The molecule has 9 heteroatoms. The van der Waals surface area contributed by atoms with E-state index in [1.807, 2.05) is 42.5 Å². The van der Waals surface area contributed by atoms with Crippen LogP contribution >= 0.6 is 0 Å². The molecule has 2 fully saturated rings. The molecular formula is C26H28N6O2S. The van der Waals surface area contributed by atoms with Gasteiger partial charge in [-0.05, 0) is 31.7 Å². The molecule has 0 saturated carbocycles. The van der Waals surface area contributed by atoms with Gasteiger partial charge in [-0.3, -0.25) is 4.98 Å². The molecular weight excluding hydrogens is 460 g/mol. The molecule has 3 N–H and O–H groups in total. The number of sulfone groups is 1.